The van der Waals surface area contributed by atoms with E-state index >= 15 is 0 Å². The molecule has 0 bridgehead atoms. The molecule has 0 aromatic heterocycles. The molecule has 1 aliphatic rings. The fourth-order valence-electron chi connectivity index (χ4n) is 3.77. The van der Waals surface area contributed by atoms with E-state index < -0.39 is 11.9 Å². The van der Waals surface area contributed by atoms with Gasteiger partial charge in [0.15, 0.2) is 0 Å². The van der Waals surface area contributed by atoms with Crippen LogP contribution in [0.1, 0.15) is 40.1 Å². The number of nitrogens with one attached hydrogen (secondary N) is 1. The number of fused-ring (bicyclic) bond motifs is 1. The summed E-state index contributed by atoms with van der Waals surface area (Å²) in [7, 11) is 2.93. The lowest BCUT2D eigenvalue weighted by Crippen LogP contribution is -2.28. The summed E-state index contributed by atoms with van der Waals surface area (Å²) in [5.41, 5.74) is 5.88. The third-order valence-corrected chi connectivity index (χ3v) is 5.46. The van der Waals surface area contributed by atoms with E-state index in [-0.39, 0.29) is 12.0 Å². The Morgan fingerprint density at radius 3 is 2.44 bits per heavy atom. The van der Waals surface area contributed by atoms with Crippen molar-refractivity contribution in [2.24, 2.45) is 5.10 Å². The number of ether oxygens (including phenoxy) is 2. The SMILES string of the molecule is COC(=O)c1ccc(C(=O)N/N=C/C=C2\N(CCO)c3ccc(OC)cc3C2(C)C)cc1. The monoisotopic (exact) mass is 437 g/mol. The number of esters is 1. The number of hydrogen-bond acceptors (Lipinski definition) is 7. The summed E-state index contributed by atoms with van der Waals surface area (Å²) in [6.07, 6.45) is 3.34. The van der Waals surface area contributed by atoms with Crippen LogP contribution in [0.25, 0.3) is 0 Å². The number of rotatable bonds is 7. The van der Waals surface area contributed by atoms with Gasteiger partial charge in [-0.2, -0.15) is 5.10 Å². The number of anilines is 1. The molecular weight excluding hydrogens is 410 g/mol. The number of allylic oxidation sites excluding steroid dienone is 2. The number of methoxy groups -OCH3 is 2. The molecule has 0 radical (unpaired) electrons. The number of benzene rings is 2. The summed E-state index contributed by atoms with van der Waals surface area (Å²) >= 11 is 0. The maximum Gasteiger partial charge on any atom is 0.337 e. The van der Waals surface area contributed by atoms with Crippen molar-refractivity contribution in [3.05, 3.63) is 70.9 Å². The van der Waals surface area contributed by atoms with E-state index in [4.69, 9.17) is 4.74 Å². The molecular formula is C24H27N3O5. The van der Waals surface area contributed by atoms with Gasteiger partial charge < -0.3 is 19.5 Å². The van der Waals surface area contributed by atoms with Crippen LogP contribution in [0.5, 0.6) is 5.75 Å². The summed E-state index contributed by atoms with van der Waals surface area (Å²) in [5.74, 6) is -0.102. The third-order valence-electron chi connectivity index (χ3n) is 5.46. The predicted molar refractivity (Wildman–Crippen MR) is 122 cm³/mol. The summed E-state index contributed by atoms with van der Waals surface area (Å²) in [6.45, 7) is 4.60. The van der Waals surface area contributed by atoms with Gasteiger partial charge in [0.1, 0.15) is 5.75 Å². The molecule has 1 amide bonds. The normalized spacial score (nSPS) is 15.7. The number of aliphatic hydroxyl groups is 1. The second kappa shape index (κ2) is 9.65. The number of nitrogens with zero attached hydrogens (tertiary/aromatic N) is 2. The number of carbonyl (C=O) groups is 2. The number of amides is 1. The van der Waals surface area contributed by atoms with Gasteiger partial charge in [0.2, 0.25) is 0 Å². The van der Waals surface area contributed by atoms with Crippen LogP contribution in [0.2, 0.25) is 0 Å². The van der Waals surface area contributed by atoms with Crippen molar-refractivity contribution in [1.82, 2.24) is 5.43 Å². The highest BCUT2D eigenvalue weighted by atomic mass is 16.5. The van der Waals surface area contributed by atoms with E-state index in [1.165, 1.54) is 37.6 Å². The first-order valence-corrected chi connectivity index (χ1v) is 10.1. The molecule has 1 aliphatic heterocycles. The zero-order chi connectivity index (χ0) is 23.3. The Morgan fingerprint density at radius 1 is 1.12 bits per heavy atom. The van der Waals surface area contributed by atoms with E-state index in [0.29, 0.717) is 17.7 Å². The first-order valence-electron chi connectivity index (χ1n) is 10.1. The van der Waals surface area contributed by atoms with Crippen molar-refractivity contribution in [2.45, 2.75) is 19.3 Å². The van der Waals surface area contributed by atoms with Gasteiger partial charge in [0.25, 0.3) is 5.91 Å². The fraction of sp³-hybridized carbons (Fsp3) is 0.292. The summed E-state index contributed by atoms with van der Waals surface area (Å²) in [6, 6.07) is 12.0. The Labute approximate surface area is 187 Å². The van der Waals surface area contributed by atoms with E-state index in [2.05, 4.69) is 29.1 Å². The second-order valence-corrected chi connectivity index (χ2v) is 7.72. The molecule has 0 fully saturated rings. The van der Waals surface area contributed by atoms with Crippen molar-refractivity contribution < 1.29 is 24.2 Å². The molecule has 0 saturated heterocycles. The number of carbonyl (C=O) groups excluding carboxylic acids is 2. The lowest BCUT2D eigenvalue weighted by atomic mass is 9.83. The molecule has 2 N–H and O–H groups in total. The lowest BCUT2D eigenvalue weighted by molar-refractivity contribution is 0.0600. The highest BCUT2D eigenvalue weighted by Gasteiger charge is 2.39. The molecule has 2 aromatic rings. The Kier molecular flexibility index (Phi) is 6.95. The molecule has 3 rings (SSSR count). The van der Waals surface area contributed by atoms with Gasteiger partial charge >= 0.3 is 5.97 Å². The number of aliphatic hydroxyl groups excluding tert-OH is 1. The Hall–Kier alpha value is -3.65. The third kappa shape index (κ3) is 4.50. The van der Waals surface area contributed by atoms with Crippen molar-refractivity contribution in [3.8, 4) is 5.75 Å². The predicted octanol–water partition coefficient (Wildman–Crippen LogP) is 2.87. The van der Waals surface area contributed by atoms with Gasteiger partial charge in [0, 0.05) is 35.1 Å². The Balaban J connectivity index is 1.76. The van der Waals surface area contributed by atoms with E-state index in [1.807, 2.05) is 29.2 Å². The quantitative estimate of drug-likeness (QED) is 0.393. The van der Waals surface area contributed by atoms with Crippen LogP contribution in [0, 0.1) is 0 Å². The number of β-amino-alcohol motifs (C(OH)–C–C–N with tert-alkyl or cyclic N) is 1. The number of hydrogen-bond donors (Lipinski definition) is 2. The topological polar surface area (TPSA) is 100 Å². The summed E-state index contributed by atoms with van der Waals surface area (Å²) < 4.78 is 10.0. The standard InChI is InChI=1S/C24H27N3O5/c1-24(2)19-15-18(31-3)9-10-20(19)27(13-14-28)21(24)11-12-25-26-22(29)16-5-7-17(8-6-16)23(30)32-4/h5-12,15,28H,13-14H2,1-4H3,(H,26,29)/b21-11-,25-12+. The average molecular weight is 437 g/mol. The van der Waals surface area contributed by atoms with Gasteiger partial charge in [-0.3, -0.25) is 4.79 Å². The first kappa shape index (κ1) is 23.0. The maximum absolute atomic E-state index is 12.3. The van der Waals surface area contributed by atoms with Crippen LogP contribution in [0.3, 0.4) is 0 Å². The molecule has 0 aliphatic carbocycles. The molecule has 1 heterocycles. The minimum absolute atomic E-state index is 0.00562. The fourth-order valence-corrected chi connectivity index (χ4v) is 3.77. The smallest absolute Gasteiger partial charge is 0.337 e. The molecule has 0 spiro atoms. The van der Waals surface area contributed by atoms with E-state index in [1.54, 1.807) is 7.11 Å². The Bertz CT molecular complexity index is 1060. The van der Waals surface area contributed by atoms with Crippen molar-refractivity contribution in [1.29, 1.82) is 0 Å². The van der Waals surface area contributed by atoms with Crippen LogP contribution in [0.4, 0.5) is 5.69 Å². The van der Waals surface area contributed by atoms with Crippen LogP contribution < -0.4 is 15.1 Å². The molecule has 8 heteroatoms. The zero-order valence-electron chi connectivity index (χ0n) is 18.6. The van der Waals surface area contributed by atoms with Crippen LogP contribution in [0.15, 0.2) is 59.3 Å². The van der Waals surface area contributed by atoms with Crippen LogP contribution in [-0.2, 0) is 10.2 Å². The molecule has 2 aromatic carbocycles. The van der Waals surface area contributed by atoms with Crippen molar-refractivity contribution >= 4 is 23.8 Å². The van der Waals surface area contributed by atoms with Crippen molar-refractivity contribution in [2.75, 3.05) is 32.3 Å². The molecule has 0 unspecified atom stereocenters. The van der Waals surface area contributed by atoms with Gasteiger partial charge in [-0.15, -0.1) is 0 Å². The highest BCUT2D eigenvalue weighted by molar-refractivity contribution is 5.96. The summed E-state index contributed by atoms with van der Waals surface area (Å²) in [5, 5.41) is 13.6. The van der Waals surface area contributed by atoms with Crippen LogP contribution >= 0.6 is 0 Å². The molecule has 0 saturated carbocycles. The van der Waals surface area contributed by atoms with Crippen LogP contribution in [-0.4, -0.2) is 50.6 Å². The lowest BCUT2D eigenvalue weighted by Gasteiger charge is -2.26. The number of hydrazone groups is 1. The zero-order valence-corrected chi connectivity index (χ0v) is 18.6. The van der Waals surface area contributed by atoms with Gasteiger partial charge in [-0.05, 0) is 54.1 Å². The average Bonchev–Trinajstić information content (AvgIpc) is 3.02. The van der Waals surface area contributed by atoms with Gasteiger partial charge in [-0.25, -0.2) is 10.2 Å². The molecule has 8 nitrogen and oxygen atoms in total. The van der Waals surface area contributed by atoms with Gasteiger partial charge in [0.05, 0.1) is 26.4 Å². The molecule has 168 valence electrons. The minimum Gasteiger partial charge on any atom is -0.497 e. The summed E-state index contributed by atoms with van der Waals surface area (Å²) in [4.78, 5) is 25.8. The molecule has 32 heavy (non-hydrogen) atoms. The van der Waals surface area contributed by atoms with Gasteiger partial charge in [-0.1, -0.05) is 13.8 Å². The van der Waals surface area contributed by atoms with E-state index in [0.717, 1.165) is 22.7 Å². The second-order valence-electron chi connectivity index (χ2n) is 7.72. The Morgan fingerprint density at radius 2 is 1.81 bits per heavy atom. The maximum atomic E-state index is 12.3. The first-order chi connectivity index (χ1) is 15.3. The highest BCUT2D eigenvalue weighted by Crippen LogP contribution is 2.48. The van der Waals surface area contributed by atoms with Crippen molar-refractivity contribution in [3.63, 3.8) is 0 Å². The molecule has 0 atom stereocenters. The minimum atomic E-state index is -0.466. The van der Waals surface area contributed by atoms with E-state index in [9.17, 15) is 14.7 Å². The largest absolute Gasteiger partial charge is 0.497 e.